The van der Waals surface area contributed by atoms with Crippen molar-refractivity contribution in [1.82, 2.24) is 5.32 Å². The SMILES string of the molecule is CCSCCC(C)NC(=O)C1(N)CC1.Cl. The molecule has 5 heteroatoms. The third-order valence-corrected chi connectivity index (χ3v) is 3.45. The number of nitrogens with two attached hydrogens (primary N) is 1. The maximum absolute atomic E-state index is 11.5. The molecule has 0 bridgehead atoms. The molecule has 0 aromatic heterocycles. The first-order chi connectivity index (χ1) is 6.58. The number of carbonyl (C=O) groups excluding carboxylic acids is 1. The topological polar surface area (TPSA) is 55.1 Å². The highest BCUT2D eigenvalue weighted by atomic mass is 35.5. The number of rotatable bonds is 6. The number of thioether (sulfide) groups is 1. The third-order valence-electron chi connectivity index (χ3n) is 2.52. The van der Waals surface area contributed by atoms with Crippen LogP contribution >= 0.6 is 24.2 Å². The van der Waals surface area contributed by atoms with Crippen molar-refractivity contribution in [1.29, 1.82) is 0 Å². The van der Waals surface area contributed by atoms with Gasteiger partial charge in [-0.3, -0.25) is 4.79 Å². The lowest BCUT2D eigenvalue weighted by atomic mass is 10.2. The van der Waals surface area contributed by atoms with Gasteiger partial charge in [-0.1, -0.05) is 6.92 Å². The quantitative estimate of drug-likeness (QED) is 0.706. The number of carbonyl (C=O) groups is 1. The fraction of sp³-hybridized carbons (Fsp3) is 0.900. The van der Waals surface area contributed by atoms with E-state index in [0.29, 0.717) is 0 Å². The summed E-state index contributed by atoms with van der Waals surface area (Å²) in [5, 5.41) is 2.96. The van der Waals surface area contributed by atoms with Crippen LogP contribution in [0.2, 0.25) is 0 Å². The minimum atomic E-state index is -0.522. The first kappa shape index (κ1) is 15.1. The Labute approximate surface area is 102 Å². The summed E-state index contributed by atoms with van der Waals surface area (Å²) in [7, 11) is 0. The van der Waals surface area contributed by atoms with E-state index in [1.807, 2.05) is 18.7 Å². The number of hydrogen-bond acceptors (Lipinski definition) is 3. The number of halogens is 1. The molecule has 0 aromatic carbocycles. The molecule has 0 aromatic rings. The smallest absolute Gasteiger partial charge is 0.240 e. The van der Waals surface area contributed by atoms with Gasteiger partial charge in [0, 0.05) is 6.04 Å². The average Bonchev–Trinajstić information content (AvgIpc) is 2.85. The molecule has 0 aliphatic heterocycles. The second kappa shape index (κ2) is 6.61. The standard InChI is InChI=1S/C10H20N2OS.ClH/c1-3-14-7-4-8(2)12-9(13)10(11)5-6-10;/h8H,3-7,11H2,1-2H3,(H,12,13);1H. The van der Waals surface area contributed by atoms with Gasteiger partial charge in [0.15, 0.2) is 0 Å². The van der Waals surface area contributed by atoms with Gasteiger partial charge in [0.05, 0.1) is 5.54 Å². The van der Waals surface area contributed by atoms with Crippen LogP contribution < -0.4 is 11.1 Å². The Balaban J connectivity index is 0.00000196. The summed E-state index contributed by atoms with van der Waals surface area (Å²) in [6.45, 7) is 4.19. The van der Waals surface area contributed by atoms with E-state index in [-0.39, 0.29) is 24.4 Å². The second-order valence-electron chi connectivity index (χ2n) is 4.02. The van der Waals surface area contributed by atoms with E-state index in [1.54, 1.807) is 0 Å². The zero-order chi connectivity index (χ0) is 10.6. The van der Waals surface area contributed by atoms with Crippen molar-refractivity contribution in [3.63, 3.8) is 0 Å². The summed E-state index contributed by atoms with van der Waals surface area (Å²) >= 11 is 1.90. The molecule has 1 unspecified atom stereocenters. The molecular formula is C10H21ClN2OS. The summed E-state index contributed by atoms with van der Waals surface area (Å²) in [4.78, 5) is 11.5. The Bertz CT molecular complexity index is 210. The molecule has 0 heterocycles. The van der Waals surface area contributed by atoms with Crippen LogP contribution in [0.15, 0.2) is 0 Å². The molecule has 1 aliphatic carbocycles. The van der Waals surface area contributed by atoms with Crippen LogP contribution in [0, 0.1) is 0 Å². The highest BCUT2D eigenvalue weighted by Gasteiger charge is 2.46. The molecule has 90 valence electrons. The normalized spacial score (nSPS) is 18.9. The summed E-state index contributed by atoms with van der Waals surface area (Å²) in [6.07, 6.45) is 2.71. The molecule has 1 rings (SSSR count). The lowest BCUT2D eigenvalue weighted by Gasteiger charge is -2.16. The Hall–Kier alpha value is 0.0700. The lowest BCUT2D eigenvalue weighted by Crippen LogP contribution is -2.46. The molecular weight excluding hydrogens is 232 g/mol. The molecule has 0 spiro atoms. The molecule has 0 radical (unpaired) electrons. The highest BCUT2D eigenvalue weighted by Crippen LogP contribution is 2.32. The van der Waals surface area contributed by atoms with Gasteiger partial charge < -0.3 is 11.1 Å². The van der Waals surface area contributed by atoms with Crippen LogP contribution in [0.25, 0.3) is 0 Å². The second-order valence-corrected chi connectivity index (χ2v) is 5.41. The summed E-state index contributed by atoms with van der Waals surface area (Å²) in [6, 6.07) is 0.252. The Morgan fingerprint density at radius 2 is 2.20 bits per heavy atom. The number of hydrogen-bond donors (Lipinski definition) is 2. The van der Waals surface area contributed by atoms with Crippen LogP contribution in [0.1, 0.15) is 33.1 Å². The predicted molar refractivity (Wildman–Crippen MR) is 68.6 cm³/mol. The largest absolute Gasteiger partial charge is 0.352 e. The van der Waals surface area contributed by atoms with Gasteiger partial charge in [0.25, 0.3) is 0 Å². The Morgan fingerprint density at radius 3 is 2.67 bits per heavy atom. The average molecular weight is 253 g/mol. The molecule has 1 saturated carbocycles. The fourth-order valence-corrected chi connectivity index (χ4v) is 2.01. The van der Waals surface area contributed by atoms with Gasteiger partial charge in [-0.2, -0.15) is 11.8 Å². The zero-order valence-electron chi connectivity index (χ0n) is 9.41. The maximum Gasteiger partial charge on any atom is 0.240 e. The van der Waals surface area contributed by atoms with Crippen molar-refractivity contribution in [2.75, 3.05) is 11.5 Å². The fourth-order valence-electron chi connectivity index (χ4n) is 1.21. The van der Waals surface area contributed by atoms with E-state index in [4.69, 9.17) is 5.73 Å². The van der Waals surface area contributed by atoms with E-state index >= 15 is 0 Å². The highest BCUT2D eigenvalue weighted by molar-refractivity contribution is 7.99. The molecule has 1 aliphatic rings. The minimum Gasteiger partial charge on any atom is -0.352 e. The Morgan fingerprint density at radius 1 is 1.60 bits per heavy atom. The summed E-state index contributed by atoms with van der Waals surface area (Å²) < 4.78 is 0. The monoisotopic (exact) mass is 252 g/mol. The summed E-state index contributed by atoms with van der Waals surface area (Å²) in [5.74, 6) is 2.28. The van der Waals surface area contributed by atoms with Crippen molar-refractivity contribution in [3.05, 3.63) is 0 Å². The predicted octanol–water partition coefficient (Wildman–Crippen LogP) is 1.55. The van der Waals surface area contributed by atoms with Gasteiger partial charge in [-0.05, 0) is 37.7 Å². The first-order valence-electron chi connectivity index (χ1n) is 5.26. The van der Waals surface area contributed by atoms with Crippen molar-refractivity contribution in [2.24, 2.45) is 5.73 Å². The van der Waals surface area contributed by atoms with Crippen molar-refractivity contribution < 1.29 is 4.79 Å². The van der Waals surface area contributed by atoms with Crippen LogP contribution in [0.4, 0.5) is 0 Å². The van der Waals surface area contributed by atoms with Crippen LogP contribution in [-0.4, -0.2) is 29.0 Å². The van der Waals surface area contributed by atoms with E-state index in [0.717, 1.165) is 30.8 Å². The van der Waals surface area contributed by atoms with Gasteiger partial charge in [-0.25, -0.2) is 0 Å². The minimum absolute atomic E-state index is 0. The lowest BCUT2D eigenvalue weighted by molar-refractivity contribution is -0.123. The molecule has 1 amide bonds. The van der Waals surface area contributed by atoms with Crippen molar-refractivity contribution >= 4 is 30.1 Å². The van der Waals surface area contributed by atoms with Gasteiger partial charge in [0.1, 0.15) is 0 Å². The van der Waals surface area contributed by atoms with Gasteiger partial charge in [-0.15, -0.1) is 12.4 Å². The molecule has 1 atom stereocenters. The van der Waals surface area contributed by atoms with Crippen LogP contribution in [0.3, 0.4) is 0 Å². The van der Waals surface area contributed by atoms with Crippen molar-refractivity contribution in [2.45, 2.75) is 44.7 Å². The molecule has 3 nitrogen and oxygen atoms in total. The first-order valence-corrected chi connectivity index (χ1v) is 6.41. The van der Waals surface area contributed by atoms with Crippen LogP contribution in [-0.2, 0) is 4.79 Å². The maximum atomic E-state index is 11.5. The molecule has 15 heavy (non-hydrogen) atoms. The summed E-state index contributed by atoms with van der Waals surface area (Å²) in [5.41, 5.74) is 5.25. The van der Waals surface area contributed by atoms with Gasteiger partial charge >= 0.3 is 0 Å². The third kappa shape index (κ3) is 5.09. The van der Waals surface area contributed by atoms with Gasteiger partial charge in [0.2, 0.25) is 5.91 Å². The molecule has 0 saturated heterocycles. The number of nitrogens with one attached hydrogen (secondary N) is 1. The van der Waals surface area contributed by atoms with E-state index < -0.39 is 5.54 Å². The van der Waals surface area contributed by atoms with E-state index in [9.17, 15) is 4.79 Å². The zero-order valence-corrected chi connectivity index (χ0v) is 11.0. The van der Waals surface area contributed by atoms with E-state index in [2.05, 4.69) is 12.2 Å². The molecule has 3 N–H and O–H groups in total. The van der Waals surface area contributed by atoms with E-state index in [1.165, 1.54) is 0 Å². The number of amides is 1. The molecule has 1 fully saturated rings. The van der Waals surface area contributed by atoms with Crippen molar-refractivity contribution in [3.8, 4) is 0 Å². The Kier molecular flexibility index (Phi) is 6.64. The van der Waals surface area contributed by atoms with Crippen LogP contribution in [0.5, 0.6) is 0 Å².